The fraction of sp³-hybridized carbons (Fsp3) is 0.231. The van der Waals surface area contributed by atoms with Gasteiger partial charge in [-0.05, 0) is 11.1 Å². The van der Waals surface area contributed by atoms with Crippen molar-refractivity contribution in [3.8, 4) is 0 Å². The Kier molecular flexibility index (Phi) is 3.05. The smallest absolute Gasteiger partial charge is 0.342 e. The lowest BCUT2D eigenvalue weighted by Gasteiger charge is -2.32. The summed E-state index contributed by atoms with van der Waals surface area (Å²) in [4.78, 5) is 37.9. The number of nitrogens with zero attached hydrogens (tertiary/aromatic N) is 2. The van der Waals surface area contributed by atoms with Crippen LogP contribution in [0.5, 0.6) is 0 Å². The van der Waals surface area contributed by atoms with E-state index in [0.717, 1.165) is 11.1 Å². The molecule has 0 spiro atoms. The number of carboxylic acids is 1. The molecule has 3 rings (SSSR count). The van der Waals surface area contributed by atoms with E-state index in [4.69, 9.17) is 0 Å². The summed E-state index contributed by atoms with van der Waals surface area (Å²) in [7, 11) is 0. The van der Waals surface area contributed by atoms with E-state index in [0.29, 0.717) is 6.54 Å². The first-order chi connectivity index (χ1) is 10.1. The van der Waals surface area contributed by atoms with Gasteiger partial charge in [0, 0.05) is 13.1 Å². The lowest BCUT2D eigenvalue weighted by molar-refractivity contribution is -0.138. The van der Waals surface area contributed by atoms with Crippen molar-refractivity contribution in [3.05, 3.63) is 56.2 Å². The molecule has 1 aliphatic rings. The number of aliphatic carboxylic acids is 1. The van der Waals surface area contributed by atoms with E-state index in [9.17, 15) is 19.5 Å². The predicted molar refractivity (Wildman–Crippen MR) is 73.3 cm³/mol. The molecule has 3 N–H and O–H groups in total. The Balaban J connectivity index is 2.06. The third kappa shape index (κ3) is 2.31. The molecule has 1 aliphatic heterocycles. The summed E-state index contributed by atoms with van der Waals surface area (Å²) in [6.07, 6.45) is 0. The van der Waals surface area contributed by atoms with Crippen LogP contribution in [-0.2, 0) is 11.3 Å². The van der Waals surface area contributed by atoms with Crippen LogP contribution in [0.1, 0.15) is 17.0 Å². The van der Waals surface area contributed by atoms with Gasteiger partial charge in [-0.25, -0.2) is 9.89 Å². The Labute approximate surface area is 118 Å². The molecule has 8 heteroatoms. The van der Waals surface area contributed by atoms with Crippen LogP contribution in [-0.4, -0.2) is 32.8 Å². The minimum absolute atomic E-state index is 0.00959. The zero-order valence-corrected chi connectivity index (χ0v) is 10.9. The summed E-state index contributed by atoms with van der Waals surface area (Å²) in [5.41, 5.74) is 0.226. The van der Waals surface area contributed by atoms with Gasteiger partial charge in [-0.1, -0.05) is 24.3 Å². The van der Waals surface area contributed by atoms with Crippen molar-refractivity contribution in [2.75, 3.05) is 11.4 Å². The molecule has 0 amide bonds. The third-order valence-corrected chi connectivity index (χ3v) is 3.49. The number of H-pyrrole nitrogens is 2. The van der Waals surface area contributed by atoms with Crippen LogP contribution < -0.4 is 16.1 Å². The highest BCUT2D eigenvalue weighted by molar-refractivity contribution is 5.78. The van der Waals surface area contributed by atoms with E-state index in [1.54, 1.807) is 17.0 Å². The second-order valence-corrected chi connectivity index (χ2v) is 4.80. The lowest BCUT2D eigenvalue weighted by atomic mass is 9.90. The molecule has 2 aromatic rings. The van der Waals surface area contributed by atoms with E-state index in [1.807, 2.05) is 12.1 Å². The molecule has 1 aromatic heterocycles. The summed E-state index contributed by atoms with van der Waals surface area (Å²) < 4.78 is 0. The van der Waals surface area contributed by atoms with E-state index in [1.165, 1.54) is 0 Å². The zero-order valence-electron chi connectivity index (χ0n) is 10.9. The minimum atomic E-state index is -0.965. The van der Waals surface area contributed by atoms with Gasteiger partial charge in [0.15, 0.2) is 0 Å². The first-order valence-electron chi connectivity index (χ1n) is 6.31. The molecule has 108 valence electrons. The van der Waals surface area contributed by atoms with Crippen LogP contribution in [0.2, 0.25) is 0 Å². The molecule has 0 saturated carbocycles. The predicted octanol–water partition coefficient (Wildman–Crippen LogP) is -0.353. The van der Waals surface area contributed by atoms with Crippen molar-refractivity contribution in [2.45, 2.75) is 12.5 Å². The fourth-order valence-electron chi connectivity index (χ4n) is 2.54. The highest BCUT2D eigenvalue weighted by Gasteiger charge is 2.31. The van der Waals surface area contributed by atoms with Gasteiger partial charge in [-0.2, -0.15) is 0 Å². The number of aromatic amines is 2. The topological polar surface area (TPSA) is 119 Å². The van der Waals surface area contributed by atoms with Crippen LogP contribution in [0.3, 0.4) is 0 Å². The number of carboxylic acid groups (broad SMARTS) is 1. The number of fused-ring (bicyclic) bond motifs is 1. The maximum Gasteiger partial charge on any atom is 0.342 e. The van der Waals surface area contributed by atoms with E-state index in [-0.39, 0.29) is 12.4 Å². The summed E-state index contributed by atoms with van der Waals surface area (Å²) in [5, 5.41) is 15.2. The van der Waals surface area contributed by atoms with Gasteiger partial charge in [0.05, 0.1) is 5.92 Å². The molecule has 1 aromatic carbocycles. The molecule has 1 unspecified atom stereocenters. The standard InChI is InChI=1S/C13H12N4O4/c18-11-10(15-16-13(21)14-11)17-5-7-3-1-2-4-8(7)9(6-17)12(19)20/h1-4,9H,5-6H2,(H,19,20)(H2,14,16,18,21). The SMILES string of the molecule is O=C(O)C1CN(c2n[nH]c(=O)[nH]c2=O)Cc2ccccc21. The first kappa shape index (κ1) is 13.1. The molecule has 0 aliphatic carbocycles. The van der Waals surface area contributed by atoms with Gasteiger partial charge < -0.3 is 10.0 Å². The molecule has 0 fully saturated rings. The summed E-state index contributed by atoms with van der Waals surface area (Å²) in [6.45, 7) is 0.483. The van der Waals surface area contributed by atoms with Gasteiger partial charge in [0.25, 0.3) is 5.56 Å². The van der Waals surface area contributed by atoms with Crippen LogP contribution in [0.4, 0.5) is 5.82 Å². The molecule has 2 heterocycles. The van der Waals surface area contributed by atoms with Crippen molar-refractivity contribution in [2.24, 2.45) is 0 Å². The van der Waals surface area contributed by atoms with Gasteiger partial charge in [0.1, 0.15) is 0 Å². The number of rotatable bonds is 2. The number of benzene rings is 1. The molecule has 0 radical (unpaired) electrons. The quantitative estimate of drug-likeness (QED) is 0.694. The van der Waals surface area contributed by atoms with E-state index >= 15 is 0 Å². The van der Waals surface area contributed by atoms with Crippen LogP contribution in [0, 0.1) is 0 Å². The molecule has 0 saturated heterocycles. The van der Waals surface area contributed by atoms with E-state index < -0.39 is 23.1 Å². The second kappa shape index (κ2) is 4.89. The molecule has 1 atom stereocenters. The maximum atomic E-state index is 11.8. The number of aromatic nitrogens is 3. The number of anilines is 1. The number of nitrogens with one attached hydrogen (secondary N) is 2. The normalized spacial score (nSPS) is 17.3. The lowest BCUT2D eigenvalue weighted by Crippen LogP contribution is -2.41. The molecule has 8 nitrogen and oxygen atoms in total. The van der Waals surface area contributed by atoms with Crippen molar-refractivity contribution in [3.63, 3.8) is 0 Å². The third-order valence-electron chi connectivity index (χ3n) is 3.49. The number of hydrogen-bond donors (Lipinski definition) is 3. The highest BCUT2D eigenvalue weighted by Crippen LogP contribution is 2.29. The Hall–Kier alpha value is -2.90. The van der Waals surface area contributed by atoms with Crippen LogP contribution >= 0.6 is 0 Å². The van der Waals surface area contributed by atoms with Crippen molar-refractivity contribution < 1.29 is 9.90 Å². The Morgan fingerprint density at radius 1 is 1.33 bits per heavy atom. The second-order valence-electron chi connectivity index (χ2n) is 4.80. The van der Waals surface area contributed by atoms with Crippen molar-refractivity contribution >= 4 is 11.8 Å². The average Bonchev–Trinajstić information content (AvgIpc) is 2.46. The minimum Gasteiger partial charge on any atom is -0.481 e. The summed E-state index contributed by atoms with van der Waals surface area (Å²) in [6, 6.07) is 7.19. The number of carbonyl (C=O) groups is 1. The highest BCUT2D eigenvalue weighted by atomic mass is 16.4. The summed E-state index contributed by atoms with van der Waals surface area (Å²) in [5.74, 6) is -1.70. The molecular formula is C13H12N4O4. The molecular weight excluding hydrogens is 276 g/mol. The van der Waals surface area contributed by atoms with Gasteiger partial charge >= 0.3 is 11.7 Å². The van der Waals surface area contributed by atoms with Crippen molar-refractivity contribution in [1.29, 1.82) is 0 Å². The van der Waals surface area contributed by atoms with Crippen LogP contribution in [0.15, 0.2) is 33.9 Å². The maximum absolute atomic E-state index is 11.8. The zero-order chi connectivity index (χ0) is 15.0. The summed E-state index contributed by atoms with van der Waals surface area (Å²) >= 11 is 0. The van der Waals surface area contributed by atoms with Crippen molar-refractivity contribution in [1.82, 2.24) is 15.2 Å². The molecule has 0 bridgehead atoms. The monoisotopic (exact) mass is 288 g/mol. The fourth-order valence-corrected chi connectivity index (χ4v) is 2.54. The largest absolute Gasteiger partial charge is 0.481 e. The molecule has 21 heavy (non-hydrogen) atoms. The Bertz CT molecular complexity index is 810. The van der Waals surface area contributed by atoms with E-state index in [2.05, 4.69) is 15.2 Å². The average molecular weight is 288 g/mol. The number of hydrogen-bond acceptors (Lipinski definition) is 5. The van der Waals surface area contributed by atoms with Gasteiger partial charge in [-0.15, -0.1) is 5.10 Å². The van der Waals surface area contributed by atoms with Gasteiger partial charge in [0.2, 0.25) is 5.82 Å². The first-order valence-corrected chi connectivity index (χ1v) is 6.31. The Morgan fingerprint density at radius 3 is 2.81 bits per heavy atom. The van der Waals surface area contributed by atoms with Crippen LogP contribution in [0.25, 0.3) is 0 Å². The Morgan fingerprint density at radius 2 is 2.10 bits per heavy atom. The van der Waals surface area contributed by atoms with Gasteiger partial charge in [-0.3, -0.25) is 14.6 Å².